The molecule has 0 bridgehead atoms. The number of hydrogen-bond acceptors (Lipinski definition) is 5. The molecule has 0 fully saturated rings. The van der Waals surface area contributed by atoms with Gasteiger partial charge in [0.1, 0.15) is 5.75 Å². The second-order valence-electron chi connectivity index (χ2n) is 5.03. The molecule has 1 aromatic rings. The molecule has 0 aliphatic rings. The van der Waals surface area contributed by atoms with Gasteiger partial charge in [0.2, 0.25) is 5.91 Å². The first kappa shape index (κ1) is 19.3. The zero-order valence-corrected chi connectivity index (χ0v) is 13.5. The van der Waals surface area contributed by atoms with E-state index in [2.05, 4.69) is 5.32 Å². The highest BCUT2D eigenvalue weighted by atomic mass is 32.2. The maximum Gasteiger partial charge on any atom is 0.277 e. The molecule has 0 spiro atoms. The van der Waals surface area contributed by atoms with Crippen LogP contribution in [0.15, 0.2) is 29.2 Å². The van der Waals surface area contributed by atoms with Gasteiger partial charge in [0.15, 0.2) is 9.84 Å². The van der Waals surface area contributed by atoms with Gasteiger partial charge in [-0.2, -0.15) is 0 Å². The van der Waals surface area contributed by atoms with E-state index in [9.17, 15) is 22.0 Å². The first-order valence-corrected chi connectivity index (χ1v) is 8.81. The lowest BCUT2D eigenvalue weighted by atomic mass is 10.3. The number of nitrogens with one attached hydrogen (secondary N) is 1. The molecule has 9 heteroatoms. The van der Waals surface area contributed by atoms with E-state index in [1.165, 1.54) is 24.3 Å². The number of sulfone groups is 1. The molecule has 0 heterocycles. The molecule has 130 valence electrons. The van der Waals surface area contributed by atoms with E-state index in [0.29, 0.717) is 12.2 Å². The Morgan fingerprint density at radius 1 is 1.30 bits per heavy atom. The number of carbonyl (C=O) groups is 1. The van der Waals surface area contributed by atoms with E-state index in [1.807, 2.05) is 0 Å². The third kappa shape index (κ3) is 7.38. The summed E-state index contributed by atoms with van der Waals surface area (Å²) in [6, 6.07) is 5.87. The average Bonchev–Trinajstić information content (AvgIpc) is 2.49. The first-order valence-electron chi connectivity index (χ1n) is 6.91. The summed E-state index contributed by atoms with van der Waals surface area (Å²) in [4.78, 5) is 11.5. The highest BCUT2D eigenvalue weighted by Crippen LogP contribution is 2.16. The SMILES string of the molecule is CS(=O)(=O)c1ccc(OCCCC(=O)NCC(F)(F)CN)cc1. The van der Waals surface area contributed by atoms with Crippen molar-refractivity contribution < 1.29 is 26.7 Å². The van der Waals surface area contributed by atoms with Crippen molar-refractivity contribution in [1.82, 2.24) is 5.32 Å². The third-order valence-electron chi connectivity index (χ3n) is 2.91. The summed E-state index contributed by atoms with van der Waals surface area (Å²) in [6.07, 6.45) is 1.49. The molecule has 3 N–H and O–H groups in total. The van der Waals surface area contributed by atoms with Crippen molar-refractivity contribution in [3.05, 3.63) is 24.3 Å². The maximum absolute atomic E-state index is 12.8. The minimum atomic E-state index is -3.26. The van der Waals surface area contributed by atoms with Crippen LogP contribution >= 0.6 is 0 Å². The van der Waals surface area contributed by atoms with Crippen molar-refractivity contribution in [2.75, 3.05) is 26.0 Å². The standard InChI is InChI=1S/C14H20F2N2O4S/c1-23(20,21)12-6-4-11(5-7-12)22-8-2-3-13(19)18-10-14(15,16)9-17/h4-7H,2-3,8-10,17H2,1H3,(H,18,19). The lowest BCUT2D eigenvalue weighted by Gasteiger charge is -2.14. The van der Waals surface area contributed by atoms with Crippen LogP contribution in [0.4, 0.5) is 8.78 Å². The Hall–Kier alpha value is -1.74. The zero-order valence-electron chi connectivity index (χ0n) is 12.7. The van der Waals surface area contributed by atoms with Crippen molar-refractivity contribution in [3.8, 4) is 5.75 Å². The molecule has 0 aliphatic heterocycles. The van der Waals surface area contributed by atoms with Crippen molar-refractivity contribution >= 4 is 15.7 Å². The molecule has 0 atom stereocenters. The van der Waals surface area contributed by atoms with Gasteiger partial charge >= 0.3 is 0 Å². The second kappa shape index (κ2) is 8.21. The van der Waals surface area contributed by atoms with Gasteiger partial charge in [-0.15, -0.1) is 0 Å². The van der Waals surface area contributed by atoms with Crippen LogP contribution in [-0.2, 0) is 14.6 Å². The molecule has 23 heavy (non-hydrogen) atoms. The number of hydrogen-bond donors (Lipinski definition) is 2. The predicted octanol–water partition coefficient (Wildman–Crippen LogP) is 0.959. The average molecular weight is 350 g/mol. The summed E-state index contributed by atoms with van der Waals surface area (Å²) >= 11 is 0. The van der Waals surface area contributed by atoms with Gasteiger partial charge in [-0.3, -0.25) is 4.79 Å². The number of ether oxygens (including phenoxy) is 1. The predicted molar refractivity (Wildman–Crippen MR) is 81.3 cm³/mol. The number of halogens is 2. The highest BCUT2D eigenvalue weighted by Gasteiger charge is 2.26. The second-order valence-corrected chi connectivity index (χ2v) is 7.05. The topological polar surface area (TPSA) is 98.5 Å². The molecule has 0 saturated carbocycles. The van der Waals surface area contributed by atoms with E-state index in [4.69, 9.17) is 10.5 Å². The lowest BCUT2D eigenvalue weighted by molar-refractivity contribution is -0.123. The summed E-state index contributed by atoms with van der Waals surface area (Å²) < 4.78 is 53.6. The molecule has 0 aromatic heterocycles. The number of alkyl halides is 2. The van der Waals surface area contributed by atoms with Crippen LogP contribution in [0.5, 0.6) is 5.75 Å². The summed E-state index contributed by atoms with van der Waals surface area (Å²) in [5.41, 5.74) is 4.86. The minimum absolute atomic E-state index is 0.0437. The Balaban J connectivity index is 2.28. The third-order valence-corrected chi connectivity index (χ3v) is 4.04. The fourth-order valence-corrected chi connectivity index (χ4v) is 2.22. The fourth-order valence-electron chi connectivity index (χ4n) is 1.59. The molecule has 1 aromatic carbocycles. The van der Waals surface area contributed by atoms with E-state index in [1.54, 1.807) is 0 Å². The maximum atomic E-state index is 12.8. The van der Waals surface area contributed by atoms with E-state index in [0.717, 1.165) is 6.26 Å². The van der Waals surface area contributed by atoms with Crippen LogP contribution in [0.3, 0.4) is 0 Å². The highest BCUT2D eigenvalue weighted by molar-refractivity contribution is 7.90. The molecule has 0 unspecified atom stereocenters. The molecular formula is C14H20F2N2O4S. The molecule has 0 saturated heterocycles. The molecule has 0 radical (unpaired) electrons. The summed E-state index contributed by atoms with van der Waals surface area (Å²) in [6.45, 7) is -1.39. The number of carbonyl (C=O) groups excluding carboxylic acids is 1. The lowest BCUT2D eigenvalue weighted by Crippen LogP contribution is -2.41. The Kier molecular flexibility index (Phi) is 6.89. The summed E-state index contributed by atoms with van der Waals surface area (Å²) in [5, 5.41) is 2.11. The Morgan fingerprint density at radius 3 is 2.43 bits per heavy atom. The van der Waals surface area contributed by atoms with Gasteiger partial charge in [0.05, 0.1) is 24.6 Å². The van der Waals surface area contributed by atoms with Crippen LogP contribution in [-0.4, -0.2) is 46.2 Å². The molecule has 6 nitrogen and oxygen atoms in total. The fraction of sp³-hybridized carbons (Fsp3) is 0.500. The number of amides is 1. The number of benzene rings is 1. The van der Waals surface area contributed by atoms with Gasteiger partial charge in [-0.25, -0.2) is 17.2 Å². The van der Waals surface area contributed by atoms with Crippen LogP contribution in [0.1, 0.15) is 12.8 Å². The molecule has 0 aliphatic carbocycles. The normalized spacial score (nSPS) is 12.0. The smallest absolute Gasteiger partial charge is 0.277 e. The van der Waals surface area contributed by atoms with Crippen LogP contribution in [0.2, 0.25) is 0 Å². The first-order chi connectivity index (χ1) is 10.6. The zero-order chi connectivity index (χ0) is 17.5. The van der Waals surface area contributed by atoms with Crippen molar-refractivity contribution in [3.63, 3.8) is 0 Å². The van der Waals surface area contributed by atoms with Crippen molar-refractivity contribution in [2.45, 2.75) is 23.7 Å². The van der Waals surface area contributed by atoms with E-state index < -0.39 is 34.8 Å². The largest absolute Gasteiger partial charge is 0.494 e. The van der Waals surface area contributed by atoms with Gasteiger partial charge < -0.3 is 15.8 Å². The monoisotopic (exact) mass is 350 g/mol. The minimum Gasteiger partial charge on any atom is -0.494 e. The summed E-state index contributed by atoms with van der Waals surface area (Å²) in [7, 11) is -3.26. The van der Waals surface area contributed by atoms with Crippen molar-refractivity contribution in [2.24, 2.45) is 5.73 Å². The number of nitrogens with two attached hydrogens (primary N) is 1. The molecular weight excluding hydrogens is 330 g/mol. The van der Waals surface area contributed by atoms with E-state index in [-0.39, 0.29) is 17.9 Å². The van der Waals surface area contributed by atoms with Crippen LogP contribution < -0.4 is 15.8 Å². The Labute approximate surface area is 133 Å². The molecule has 1 amide bonds. The quantitative estimate of drug-likeness (QED) is 0.647. The van der Waals surface area contributed by atoms with Gasteiger partial charge in [-0.05, 0) is 30.7 Å². The van der Waals surface area contributed by atoms with Crippen LogP contribution in [0.25, 0.3) is 0 Å². The molecule has 1 rings (SSSR count). The number of rotatable bonds is 9. The van der Waals surface area contributed by atoms with E-state index >= 15 is 0 Å². The Bertz CT molecular complexity index is 618. The van der Waals surface area contributed by atoms with Gasteiger partial charge in [0.25, 0.3) is 5.92 Å². The Morgan fingerprint density at radius 2 is 1.91 bits per heavy atom. The van der Waals surface area contributed by atoms with Gasteiger partial charge in [-0.1, -0.05) is 0 Å². The van der Waals surface area contributed by atoms with Crippen LogP contribution in [0, 0.1) is 0 Å². The van der Waals surface area contributed by atoms with Crippen molar-refractivity contribution in [1.29, 1.82) is 0 Å². The van der Waals surface area contributed by atoms with Gasteiger partial charge in [0, 0.05) is 12.7 Å². The summed E-state index contributed by atoms with van der Waals surface area (Å²) in [5.74, 6) is -3.14.